The van der Waals surface area contributed by atoms with Crippen molar-refractivity contribution in [2.24, 2.45) is 11.1 Å². The number of fused-ring (bicyclic) bond motifs is 1. The van der Waals surface area contributed by atoms with Crippen LogP contribution < -0.4 is 22.1 Å². The molecular weight excluding hydrogens is 457 g/mol. The number of nitrogen functional groups attached to an aromatic ring is 2. The molecule has 162 valence electrons. The minimum absolute atomic E-state index is 0.0312. The van der Waals surface area contributed by atoms with Crippen LogP contribution >= 0.6 is 35.0 Å². The van der Waals surface area contributed by atoms with Gasteiger partial charge in [0.25, 0.3) is 0 Å². The van der Waals surface area contributed by atoms with Crippen LogP contribution in [0.1, 0.15) is 24.6 Å². The summed E-state index contributed by atoms with van der Waals surface area (Å²) in [6.07, 6.45) is 6.84. The van der Waals surface area contributed by atoms with Crippen molar-refractivity contribution in [3.05, 3.63) is 40.4 Å². The van der Waals surface area contributed by atoms with E-state index in [-0.39, 0.29) is 17.3 Å². The highest BCUT2D eigenvalue weighted by Gasteiger charge is 2.48. The van der Waals surface area contributed by atoms with Gasteiger partial charge in [0.1, 0.15) is 16.7 Å². The van der Waals surface area contributed by atoms with Crippen LogP contribution in [0.25, 0.3) is 0 Å². The van der Waals surface area contributed by atoms with Crippen molar-refractivity contribution in [1.82, 2.24) is 24.7 Å². The van der Waals surface area contributed by atoms with Gasteiger partial charge in [-0.3, -0.25) is 4.68 Å². The van der Waals surface area contributed by atoms with E-state index in [2.05, 4.69) is 25.0 Å². The maximum Gasteiger partial charge on any atom is 0.158 e. The van der Waals surface area contributed by atoms with Gasteiger partial charge >= 0.3 is 0 Å². The molecule has 12 heteroatoms. The van der Waals surface area contributed by atoms with Crippen molar-refractivity contribution in [2.75, 3.05) is 29.5 Å². The lowest BCUT2D eigenvalue weighted by molar-refractivity contribution is 0.170. The maximum absolute atomic E-state index is 6.59. The average molecular weight is 478 g/mol. The van der Waals surface area contributed by atoms with Gasteiger partial charge in [0.2, 0.25) is 0 Å². The fourth-order valence-electron chi connectivity index (χ4n) is 4.38. The van der Waals surface area contributed by atoms with E-state index in [9.17, 15) is 0 Å². The summed E-state index contributed by atoms with van der Waals surface area (Å²) in [7, 11) is 0. The quantitative estimate of drug-likeness (QED) is 0.519. The van der Waals surface area contributed by atoms with Gasteiger partial charge in [-0.25, -0.2) is 15.0 Å². The van der Waals surface area contributed by atoms with Gasteiger partial charge < -0.3 is 22.1 Å². The Labute approximate surface area is 193 Å². The number of rotatable bonds is 3. The molecule has 3 aromatic heterocycles. The van der Waals surface area contributed by atoms with Gasteiger partial charge in [-0.1, -0.05) is 35.0 Å². The largest absolute Gasteiger partial charge is 0.382 e. The Bertz CT molecular complexity index is 1140. The van der Waals surface area contributed by atoms with Crippen molar-refractivity contribution in [3.8, 4) is 0 Å². The molecule has 0 aromatic carbocycles. The maximum atomic E-state index is 6.59. The smallest absolute Gasteiger partial charge is 0.158 e. The fourth-order valence-corrected chi connectivity index (χ4v) is 5.66. The van der Waals surface area contributed by atoms with E-state index in [4.69, 9.17) is 40.4 Å². The SMILES string of the molecule is Nc1nc(N2CCC3(CC2)Cn2ncc(Cl)c2[C@H]3N)cnc1Sc1ccnc(N)c1Cl. The topological polar surface area (TPSA) is 138 Å². The first-order valence-corrected chi connectivity index (χ1v) is 11.4. The molecule has 0 amide bonds. The molecule has 31 heavy (non-hydrogen) atoms. The molecule has 1 saturated heterocycles. The van der Waals surface area contributed by atoms with Crippen LogP contribution in [-0.4, -0.2) is 37.8 Å². The molecule has 0 unspecified atom stereocenters. The lowest BCUT2D eigenvalue weighted by Crippen LogP contribution is -2.45. The summed E-state index contributed by atoms with van der Waals surface area (Å²) in [5.41, 5.74) is 19.5. The van der Waals surface area contributed by atoms with E-state index >= 15 is 0 Å². The Balaban J connectivity index is 1.29. The van der Waals surface area contributed by atoms with E-state index in [1.54, 1.807) is 24.7 Å². The van der Waals surface area contributed by atoms with Gasteiger partial charge in [-0.2, -0.15) is 5.10 Å². The summed E-state index contributed by atoms with van der Waals surface area (Å²) < 4.78 is 1.95. The summed E-state index contributed by atoms with van der Waals surface area (Å²) in [6.45, 7) is 2.41. The molecule has 1 fully saturated rings. The lowest BCUT2D eigenvalue weighted by Gasteiger charge is -2.41. The van der Waals surface area contributed by atoms with E-state index in [0.29, 0.717) is 20.9 Å². The van der Waals surface area contributed by atoms with E-state index < -0.39 is 0 Å². The number of pyridine rings is 1. The third-order valence-electron chi connectivity index (χ3n) is 6.17. The zero-order chi connectivity index (χ0) is 21.8. The molecule has 0 radical (unpaired) electrons. The molecule has 0 aliphatic carbocycles. The normalized spacial score (nSPS) is 19.7. The molecule has 0 saturated carbocycles. The molecule has 2 aliphatic heterocycles. The number of nitrogens with zero attached hydrogens (tertiary/aromatic N) is 6. The van der Waals surface area contributed by atoms with Crippen LogP contribution in [0.4, 0.5) is 17.5 Å². The molecule has 3 aromatic rings. The highest BCUT2D eigenvalue weighted by Crippen LogP contribution is 2.49. The molecule has 1 atom stereocenters. The summed E-state index contributed by atoms with van der Waals surface area (Å²) in [5.74, 6) is 1.36. The average Bonchev–Trinajstić information content (AvgIpc) is 3.24. The Kier molecular flexibility index (Phi) is 5.12. The monoisotopic (exact) mass is 477 g/mol. The number of aromatic nitrogens is 5. The molecular formula is C19H21Cl2N9S. The Morgan fingerprint density at radius 1 is 1.10 bits per heavy atom. The number of hydrogen-bond donors (Lipinski definition) is 3. The van der Waals surface area contributed by atoms with Crippen molar-refractivity contribution >= 4 is 52.4 Å². The van der Waals surface area contributed by atoms with Crippen LogP contribution in [0.3, 0.4) is 0 Å². The summed E-state index contributed by atoms with van der Waals surface area (Å²) >= 11 is 13.8. The van der Waals surface area contributed by atoms with Gasteiger partial charge in [-0.15, -0.1) is 0 Å². The van der Waals surface area contributed by atoms with Crippen LogP contribution in [0.15, 0.2) is 34.6 Å². The first-order chi connectivity index (χ1) is 14.9. The molecule has 5 heterocycles. The van der Waals surface area contributed by atoms with Crippen LogP contribution in [0, 0.1) is 5.41 Å². The van der Waals surface area contributed by atoms with Gasteiger partial charge in [0.05, 0.1) is 34.2 Å². The standard InChI is InChI=1S/C19H21Cl2N9S/c20-10-7-27-30-9-19(15(22)14(10)30)2-5-29(6-3-19)12-8-26-18(17(24)28-12)31-11-1-4-25-16(23)13(11)21/h1,4,7-8,15H,2-3,5-6,9,22H2,(H2,23,25)(H2,24,28)/t15-/m1/s1. The number of nitrogens with two attached hydrogens (primary N) is 3. The van der Waals surface area contributed by atoms with Crippen LogP contribution in [-0.2, 0) is 6.54 Å². The third kappa shape index (κ3) is 3.47. The predicted molar refractivity (Wildman–Crippen MR) is 122 cm³/mol. The van der Waals surface area contributed by atoms with Gasteiger partial charge in [-0.05, 0) is 18.9 Å². The Morgan fingerprint density at radius 2 is 1.87 bits per heavy atom. The molecule has 9 nitrogen and oxygen atoms in total. The fraction of sp³-hybridized carbons (Fsp3) is 0.368. The minimum Gasteiger partial charge on any atom is -0.382 e. The molecule has 5 rings (SSSR count). The zero-order valence-electron chi connectivity index (χ0n) is 16.5. The Morgan fingerprint density at radius 3 is 2.58 bits per heavy atom. The van der Waals surface area contributed by atoms with E-state index in [1.807, 2.05) is 4.68 Å². The van der Waals surface area contributed by atoms with Crippen molar-refractivity contribution in [1.29, 1.82) is 0 Å². The number of hydrogen-bond acceptors (Lipinski definition) is 9. The third-order valence-corrected chi connectivity index (χ3v) is 8.04. The highest BCUT2D eigenvalue weighted by molar-refractivity contribution is 7.99. The Hall–Kier alpha value is -2.27. The summed E-state index contributed by atoms with van der Waals surface area (Å²) in [5, 5.41) is 5.97. The first-order valence-electron chi connectivity index (χ1n) is 9.80. The highest BCUT2D eigenvalue weighted by atomic mass is 35.5. The van der Waals surface area contributed by atoms with Crippen LogP contribution in [0.2, 0.25) is 10.0 Å². The van der Waals surface area contributed by atoms with Gasteiger partial charge in [0, 0.05) is 36.1 Å². The number of halogens is 2. The second kappa shape index (κ2) is 7.70. The van der Waals surface area contributed by atoms with Gasteiger partial charge in [0.15, 0.2) is 5.82 Å². The zero-order valence-corrected chi connectivity index (χ0v) is 18.8. The molecule has 0 bridgehead atoms. The van der Waals surface area contributed by atoms with Crippen molar-refractivity contribution in [3.63, 3.8) is 0 Å². The molecule has 6 N–H and O–H groups in total. The molecule has 2 aliphatic rings. The molecule has 1 spiro atoms. The second-order valence-corrected chi connectivity index (χ2v) is 9.71. The van der Waals surface area contributed by atoms with Crippen molar-refractivity contribution < 1.29 is 0 Å². The van der Waals surface area contributed by atoms with Crippen molar-refractivity contribution in [2.45, 2.75) is 35.3 Å². The summed E-state index contributed by atoms with van der Waals surface area (Å²) in [4.78, 5) is 16.0. The predicted octanol–water partition coefficient (Wildman–Crippen LogP) is 2.99. The minimum atomic E-state index is -0.114. The van der Waals surface area contributed by atoms with Crippen LogP contribution in [0.5, 0.6) is 0 Å². The summed E-state index contributed by atoms with van der Waals surface area (Å²) in [6, 6.07) is 1.65. The first kappa shape index (κ1) is 20.6. The van der Waals surface area contributed by atoms with E-state index in [0.717, 1.165) is 48.9 Å². The number of piperidine rings is 1. The van der Waals surface area contributed by atoms with E-state index in [1.165, 1.54) is 11.8 Å². The second-order valence-electron chi connectivity index (χ2n) is 7.89. The lowest BCUT2D eigenvalue weighted by atomic mass is 9.73. The number of anilines is 3.